The molecular formula is C10H15NO5. The van der Waals surface area contributed by atoms with E-state index in [1.54, 1.807) is 4.90 Å². The van der Waals surface area contributed by atoms with Gasteiger partial charge in [-0.15, -0.1) is 0 Å². The number of carbonyl (C=O) groups is 2. The topological polar surface area (TPSA) is 76.1 Å². The van der Waals surface area contributed by atoms with Gasteiger partial charge in [0.2, 0.25) is 5.91 Å². The fourth-order valence-corrected chi connectivity index (χ4v) is 2.14. The van der Waals surface area contributed by atoms with Crippen molar-refractivity contribution in [2.75, 3.05) is 26.3 Å². The smallest absolute Gasteiger partial charge is 0.329 e. The van der Waals surface area contributed by atoms with Crippen LogP contribution in [0, 0.1) is 0 Å². The third-order valence-corrected chi connectivity index (χ3v) is 2.85. The largest absolute Gasteiger partial charge is 0.480 e. The summed E-state index contributed by atoms with van der Waals surface area (Å²) in [5, 5.41) is 8.36. The number of likely N-dealkylation sites (tertiary alicyclic amines) is 1. The lowest BCUT2D eigenvalue weighted by Gasteiger charge is -2.32. The van der Waals surface area contributed by atoms with E-state index in [1.807, 2.05) is 0 Å². The molecule has 0 spiro atoms. The molecule has 2 heterocycles. The Morgan fingerprint density at radius 3 is 2.44 bits per heavy atom. The number of rotatable bonds is 4. The van der Waals surface area contributed by atoms with Gasteiger partial charge in [0.15, 0.2) is 0 Å². The summed E-state index contributed by atoms with van der Waals surface area (Å²) in [5.41, 5.74) is 0. The molecule has 2 atom stereocenters. The summed E-state index contributed by atoms with van der Waals surface area (Å²) >= 11 is 0. The highest BCUT2D eigenvalue weighted by atomic mass is 16.5. The van der Waals surface area contributed by atoms with Crippen LogP contribution in [0.25, 0.3) is 0 Å². The minimum absolute atomic E-state index is 0.151. The molecule has 0 aromatic heterocycles. The first-order valence-electron chi connectivity index (χ1n) is 5.38. The maximum Gasteiger partial charge on any atom is 0.329 e. The lowest BCUT2D eigenvalue weighted by atomic mass is 10.2. The van der Waals surface area contributed by atoms with Crippen molar-refractivity contribution in [1.82, 2.24) is 4.90 Å². The number of hydrogen-bond acceptors (Lipinski definition) is 4. The average molecular weight is 229 g/mol. The zero-order valence-corrected chi connectivity index (χ0v) is 8.92. The van der Waals surface area contributed by atoms with E-state index in [0.29, 0.717) is 13.1 Å². The van der Waals surface area contributed by atoms with Crippen molar-refractivity contribution in [3.05, 3.63) is 0 Å². The molecule has 2 fully saturated rings. The predicted octanol–water partition coefficient (Wildman–Crippen LogP) is -0.523. The lowest BCUT2D eigenvalue weighted by Crippen LogP contribution is -2.47. The van der Waals surface area contributed by atoms with Crippen molar-refractivity contribution in [2.45, 2.75) is 25.0 Å². The zero-order chi connectivity index (χ0) is 11.5. The number of ether oxygens (including phenoxy) is 2. The summed E-state index contributed by atoms with van der Waals surface area (Å²) < 4.78 is 10.4. The van der Waals surface area contributed by atoms with Crippen molar-refractivity contribution in [3.63, 3.8) is 0 Å². The molecule has 2 rings (SSSR count). The van der Waals surface area contributed by atoms with Crippen LogP contribution >= 0.6 is 0 Å². The minimum Gasteiger partial charge on any atom is -0.480 e. The molecule has 0 aromatic carbocycles. The number of morpholine rings is 1. The molecule has 2 bridgehead atoms. The van der Waals surface area contributed by atoms with E-state index in [0.717, 1.165) is 12.8 Å². The molecule has 0 radical (unpaired) electrons. The van der Waals surface area contributed by atoms with Gasteiger partial charge in [-0.3, -0.25) is 4.79 Å². The van der Waals surface area contributed by atoms with Gasteiger partial charge >= 0.3 is 5.97 Å². The molecule has 90 valence electrons. The van der Waals surface area contributed by atoms with Gasteiger partial charge in [0.05, 0.1) is 12.2 Å². The molecule has 1 amide bonds. The molecule has 16 heavy (non-hydrogen) atoms. The molecule has 2 aliphatic rings. The fraction of sp³-hybridized carbons (Fsp3) is 0.800. The molecule has 2 aliphatic heterocycles. The van der Waals surface area contributed by atoms with Crippen molar-refractivity contribution in [3.8, 4) is 0 Å². The highest BCUT2D eigenvalue weighted by Gasteiger charge is 2.35. The second-order valence-electron chi connectivity index (χ2n) is 4.14. The number of aliphatic carboxylic acids is 1. The van der Waals surface area contributed by atoms with Crippen LogP contribution in [0.15, 0.2) is 0 Å². The summed E-state index contributed by atoms with van der Waals surface area (Å²) in [5.74, 6) is -1.21. The monoisotopic (exact) mass is 229 g/mol. The first-order valence-corrected chi connectivity index (χ1v) is 5.38. The number of carboxylic acids is 1. The van der Waals surface area contributed by atoms with Crippen LogP contribution in [0.1, 0.15) is 12.8 Å². The molecule has 2 saturated heterocycles. The Morgan fingerprint density at radius 2 is 1.88 bits per heavy atom. The molecule has 2 unspecified atom stereocenters. The van der Waals surface area contributed by atoms with Gasteiger partial charge in [0, 0.05) is 13.1 Å². The van der Waals surface area contributed by atoms with Crippen LogP contribution in [-0.4, -0.2) is 60.4 Å². The van der Waals surface area contributed by atoms with E-state index in [-0.39, 0.29) is 24.7 Å². The number of amides is 1. The SMILES string of the molecule is O=C(O)COCC(=O)N1CC2CCC(C1)O2. The molecular weight excluding hydrogens is 214 g/mol. The number of nitrogens with zero attached hydrogens (tertiary/aromatic N) is 1. The Bertz CT molecular complexity index is 281. The van der Waals surface area contributed by atoms with Crippen molar-refractivity contribution in [2.24, 2.45) is 0 Å². The fourth-order valence-electron chi connectivity index (χ4n) is 2.14. The normalized spacial score (nSPS) is 28.1. The summed E-state index contributed by atoms with van der Waals surface area (Å²) in [6.45, 7) is 0.617. The van der Waals surface area contributed by atoms with E-state index in [9.17, 15) is 9.59 Å². The molecule has 0 aromatic rings. The Morgan fingerprint density at radius 1 is 1.25 bits per heavy atom. The van der Waals surface area contributed by atoms with E-state index < -0.39 is 12.6 Å². The van der Waals surface area contributed by atoms with Gasteiger partial charge in [0.25, 0.3) is 0 Å². The van der Waals surface area contributed by atoms with Crippen LogP contribution in [0.4, 0.5) is 0 Å². The van der Waals surface area contributed by atoms with Crippen molar-refractivity contribution in [1.29, 1.82) is 0 Å². The Labute approximate surface area is 93.1 Å². The highest BCUT2D eigenvalue weighted by molar-refractivity contribution is 5.78. The van der Waals surface area contributed by atoms with Crippen LogP contribution in [0.2, 0.25) is 0 Å². The number of fused-ring (bicyclic) bond motifs is 2. The Hall–Kier alpha value is -1.14. The van der Waals surface area contributed by atoms with Gasteiger partial charge in [-0.25, -0.2) is 4.79 Å². The maximum atomic E-state index is 11.7. The summed E-state index contributed by atoms with van der Waals surface area (Å²) in [6, 6.07) is 0. The standard InChI is InChI=1S/C10H15NO5/c12-9(5-15-6-10(13)14)11-3-7-1-2-8(4-11)16-7/h7-8H,1-6H2,(H,13,14). The predicted molar refractivity (Wildman–Crippen MR) is 52.9 cm³/mol. The van der Waals surface area contributed by atoms with Crippen LogP contribution < -0.4 is 0 Å². The van der Waals surface area contributed by atoms with Crippen LogP contribution in [0.5, 0.6) is 0 Å². The second kappa shape index (κ2) is 4.80. The van der Waals surface area contributed by atoms with Crippen LogP contribution in [-0.2, 0) is 19.1 Å². The third kappa shape index (κ3) is 2.70. The highest BCUT2D eigenvalue weighted by Crippen LogP contribution is 2.26. The molecule has 1 N–H and O–H groups in total. The van der Waals surface area contributed by atoms with E-state index in [4.69, 9.17) is 14.6 Å². The average Bonchev–Trinajstić information content (AvgIpc) is 2.57. The van der Waals surface area contributed by atoms with Crippen LogP contribution in [0.3, 0.4) is 0 Å². The summed E-state index contributed by atoms with van der Waals surface area (Å²) in [7, 11) is 0. The van der Waals surface area contributed by atoms with Gasteiger partial charge in [-0.2, -0.15) is 0 Å². The Kier molecular flexibility index (Phi) is 3.40. The van der Waals surface area contributed by atoms with Crippen molar-refractivity contribution >= 4 is 11.9 Å². The summed E-state index contributed by atoms with van der Waals surface area (Å²) in [4.78, 5) is 23.6. The molecule has 6 nitrogen and oxygen atoms in total. The zero-order valence-electron chi connectivity index (χ0n) is 8.92. The third-order valence-electron chi connectivity index (χ3n) is 2.85. The summed E-state index contributed by atoms with van der Waals surface area (Å²) in [6.07, 6.45) is 2.32. The van der Waals surface area contributed by atoms with Gasteiger partial charge in [-0.05, 0) is 12.8 Å². The number of hydrogen-bond donors (Lipinski definition) is 1. The van der Waals surface area contributed by atoms with Gasteiger partial charge in [-0.1, -0.05) is 0 Å². The van der Waals surface area contributed by atoms with E-state index in [2.05, 4.69) is 0 Å². The maximum absolute atomic E-state index is 11.7. The first-order chi connectivity index (χ1) is 7.65. The number of carboxylic acid groups (broad SMARTS) is 1. The van der Waals surface area contributed by atoms with Crippen molar-refractivity contribution < 1.29 is 24.2 Å². The minimum atomic E-state index is -1.06. The van der Waals surface area contributed by atoms with E-state index >= 15 is 0 Å². The molecule has 6 heteroatoms. The quantitative estimate of drug-likeness (QED) is 0.701. The molecule has 0 saturated carbocycles. The lowest BCUT2D eigenvalue weighted by molar-refractivity contribution is -0.149. The van der Waals surface area contributed by atoms with Gasteiger partial charge in [0.1, 0.15) is 13.2 Å². The Balaban J connectivity index is 1.75. The van der Waals surface area contributed by atoms with E-state index in [1.165, 1.54) is 0 Å². The molecule has 0 aliphatic carbocycles. The second-order valence-corrected chi connectivity index (χ2v) is 4.14. The van der Waals surface area contributed by atoms with Gasteiger partial charge < -0.3 is 19.5 Å². The first kappa shape index (κ1) is 11.3. The number of carbonyl (C=O) groups excluding carboxylic acids is 1.